The zero-order valence-electron chi connectivity index (χ0n) is 40.5. The summed E-state index contributed by atoms with van der Waals surface area (Å²) in [5, 5.41) is 7.36. The molecule has 3 heteroatoms. The third-order valence-corrected chi connectivity index (χ3v) is 15.8. The van der Waals surface area contributed by atoms with E-state index in [4.69, 9.17) is 0 Å². The van der Waals surface area contributed by atoms with Crippen molar-refractivity contribution in [3.8, 4) is 33.6 Å². The number of hydrogen-bond donors (Lipinski definition) is 0. The number of fused-ring (bicyclic) bond motifs is 10. The number of aromatic nitrogens is 2. The lowest BCUT2D eigenvalue weighted by atomic mass is 9.67. The van der Waals surface area contributed by atoms with Crippen molar-refractivity contribution in [1.82, 2.24) is 9.13 Å². The van der Waals surface area contributed by atoms with E-state index >= 15 is 0 Å². The number of hydrogen-bond acceptors (Lipinski definition) is 1. The van der Waals surface area contributed by atoms with Gasteiger partial charge < -0.3 is 14.0 Å². The predicted molar refractivity (Wildman–Crippen MR) is 310 cm³/mol. The molecule has 0 N–H and O–H groups in total. The minimum Gasteiger partial charge on any atom is -0.310 e. The molecule has 0 atom stereocenters. The lowest BCUT2D eigenvalue weighted by Crippen LogP contribution is -2.28. The van der Waals surface area contributed by atoms with Crippen LogP contribution in [0.1, 0.15) is 22.3 Å². The van der Waals surface area contributed by atoms with Crippen LogP contribution >= 0.6 is 0 Å². The standard InChI is InChI=1S/C71H47N3/c1-2-21-49(22-3-1)71(64-34-12-6-27-57(64)58-28-7-13-35-65(58)71)50-23-19-25-54(47-50)72(51-40-42-52(43-41-51)73-66-36-14-8-30-60(66)61-31-9-15-37-67(61)73)70-45-44-55(56-26-4-5-29-59(56)70)48-20-18-24-53(46-48)74-68-38-16-10-32-62(68)63-33-11-17-39-69(63)74/h1-47H. The number of benzene rings is 12. The first-order valence-corrected chi connectivity index (χ1v) is 25.6. The van der Waals surface area contributed by atoms with E-state index in [-0.39, 0.29) is 0 Å². The van der Waals surface area contributed by atoms with Gasteiger partial charge in [0.25, 0.3) is 0 Å². The highest BCUT2D eigenvalue weighted by Gasteiger charge is 2.46. The Labute approximate surface area is 429 Å². The highest BCUT2D eigenvalue weighted by atomic mass is 15.1. The fraction of sp³-hybridized carbons (Fsp3) is 0.0141. The monoisotopic (exact) mass is 941 g/mol. The number of nitrogens with zero attached hydrogens (tertiary/aromatic N) is 3. The number of para-hydroxylation sites is 4. The summed E-state index contributed by atoms with van der Waals surface area (Å²) < 4.78 is 4.81. The topological polar surface area (TPSA) is 13.1 Å². The normalized spacial score (nSPS) is 12.7. The van der Waals surface area contributed by atoms with E-state index in [0.29, 0.717) is 0 Å². The van der Waals surface area contributed by atoms with Gasteiger partial charge in [-0.2, -0.15) is 0 Å². The summed E-state index contributed by atoms with van der Waals surface area (Å²) in [6.45, 7) is 0. The highest BCUT2D eigenvalue weighted by Crippen LogP contribution is 2.57. The van der Waals surface area contributed by atoms with Gasteiger partial charge in [-0.3, -0.25) is 0 Å². The zero-order chi connectivity index (χ0) is 48.7. The van der Waals surface area contributed by atoms with E-state index in [9.17, 15) is 0 Å². The zero-order valence-corrected chi connectivity index (χ0v) is 40.5. The first kappa shape index (κ1) is 42.0. The van der Waals surface area contributed by atoms with Crippen LogP contribution in [0.15, 0.2) is 285 Å². The van der Waals surface area contributed by atoms with Crippen LogP contribution in [0.4, 0.5) is 17.1 Å². The minimum absolute atomic E-state index is 0.552. The Morgan fingerprint density at radius 2 is 0.743 bits per heavy atom. The van der Waals surface area contributed by atoms with Gasteiger partial charge in [0.2, 0.25) is 0 Å². The molecule has 0 aliphatic heterocycles. The van der Waals surface area contributed by atoms with E-state index in [1.54, 1.807) is 0 Å². The molecule has 2 aromatic heterocycles. The summed E-state index contributed by atoms with van der Waals surface area (Å²) in [4.78, 5) is 2.48. The second kappa shape index (κ2) is 16.7. The fourth-order valence-electron chi connectivity index (χ4n) is 12.7. The molecule has 1 aliphatic rings. The Bertz CT molecular complexity index is 4350. The second-order valence-corrected chi connectivity index (χ2v) is 19.6. The first-order chi connectivity index (χ1) is 36.7. The summed E-state index contributed by atoms with van der Waals surface area (Å²) in [6, 6.07) is 105. The van der Waals surface area contributed by atoms with Gasteiger partial charge in [0.15, 0.2) is 0 Å². The lowest BCUT2D eigenvalue weighted by molar-refractivity contribution is 0.768. The van der Waals surface area contributed by atoms with Gasteiger partial charge in [-0.05, 0) is 129 Å². The van der Waals surface area contributed by atoms with Crippen molar-refractivity contribution in [3.05, 3.63) is 307 Å². The van der Waals surface area contributed by atoms with E-state index in [0.717, 1.165) is 28.4 Å². The van der Waals surface area contributed by atoms with Crippen LogP contribution in [0.3, 0.4) is 0 Å². The molecule has 3 nitrogen and oxygen atoms in total. The fourth-order valence-corrected chi connectivity index (χ4v) is 12.7. The lowest BCUT2D eigenvalue weighted by Gasteiger charge is -2.35. The van der Waals surface area contributed by atoms with Crippen LogP contribution in [0.25, 0.3) is 88.0 Å². The van der Waals surface area contributed by atoms with Crippen LogP contribution in [-0.2, 0) is 5.41 Å². The molecule has 0 saturated heterocycles. The van der Waals surface area contributed by atoms with Crippen molar-refractivity contribution in [2.45, 2.75) is 5.41 Å². The van der Waals surface area contributed by atoms with Crippen molar-refractivity contribution in [2.75, 3.05) is 4.90 Å². The van der Waals surface area contributed by atoms with Crippen LogP contribution in [0, 0.1) is 0 Å². The molecule has 15 rings (SSSR count). The first-order valence-electron chi connectivity index (χ1n) is 25.6. The third-order valence-electron chi connectivity index (χ3n) is 15.8. The van der Waals surface area contributed by atoms with Gasteiger partial charge in [0, 0.05) is 49.7 Å². The van der Waals surface area contributed by atoms with Gasteiger partial charge in [0.05, 0.1) is 33.2 Å². The van der Waals surface area contributed by atoms with Crippen molar-refractivity contribution >= 4 is 71.4 Å². The Balaban J connectivity index is 0.939. The summed E-state index contributed by atoms with van der Waals surface area (Å²) in [7, 11) is 0. The molecule has 74 heavy (non-hydrogen) atoms. The van der Waals surface area contributed by atoms with E-state index in [1.165, 1.54) is 98.9 Å². The van der Waals surface area contributed by atoms with Crippen molar-refractivity contribution < 1.29 is 0 Å². The number of rotatable bonds is 8. The molecular weight excluding hydrogens is 895 g/mol. The Hall–Kier alpha value is -9.70. The van der Waals surface area contributed by atoms with Crippen LogP contribution < -0.4 is 4.90 Å². The molecule has 346 valence electrons. The van der Waals surface area contributed by atoms with E-state index in [1.807, 2.05) is 0 Å². The van der Waals surface area contributed by atoms with Gasteiger partial charge in [-0.15, -0.1) is 0 Å². The summed E-state index contributed by atoms with van der Waals surface area (Å²) in [5.74, 6) is 0. The average molecular weight is 942 g/mol. The van der Waals surface area contributed by atoms with Crippen molar-refractivity contribution in [2.24, 2.45) is 0 Å². The molecule has 0 amide bonds. The van der Waals surface area contributed by atoms with Crippen LogP contribution in [-0.4, -0.2) is 9.13 Å². The molecule has 0 saturated carbocycles. The van der Waals surface area contributed by atoms with Gasteiger partial charge >= 0.3 is 0 Å². The summed E-state index contributed by atoms with van der Waals surface area (Å²) >= 11 is 0. The largest absolute Gasteiger partial charge is 0.310 e. The Morgan fingerprint density at radius 1 is 0.270 bits per heavy atom. The van der Waals surface area contributed by atoms with Crippen LogP contribution in [0.2, 0.25) is 0 Å². The van der Waals surface area contributed by atoms with Gasteiger partial charge in [-0.1, -0.05) is 206 Å². The van der Waals surface area contributed by atoms with E-state index < -0.39 is 5.41 Å². The quantitative estimate of drug-likeness (QED) is 0.148. The number of anilines is 3. The summed E-state index contributed by atoms with van der Waals surface area (Å²) in [5.41, 5.74) is 19.7. The maximum atomic E-state index is 2.48. The maximum Gasteiger partial charge on any atom is 0.0714 e. The molecule has 0 unspecified atom stereocenters. The van der Waals surface area contributed by atoms with Crippen LogP contribution in [0.5, 0.6) is 0 Å². The molecule has 14 aromatic rings. The Kier molecular flexibility index (Phi) is 9.48. The highest BCUT2D eigenvalue weighted by molar-refractivity contribution is 6.11. The third kappa shape index (κ3) is 6.20. The predicted octanol–water partition coefficient (Wildman–Crippen LogP) is 18.5. The van der Waals surface area contributed by atoms with Gasteiger partial charge in [0.1, 0.15) is 0 Å². The summed E-state index contributed by atoms with van der Waals surface area (Å²) in [6.07, 6.45) is 0. The van der Waals surface area contributed by atoms with Crippen molar-refractivity contribution in [3.63, 3.8) is 0 Å². The second-order valence-electron chi connectivity index (χ2n) is 19.6. The Morgan fingerprint density at radius 3 is 1.34 bits per heavy atom. The van der Waals surface area contributed by atoms with E-state index in [2.05, 4.69) is 299 Å². The average Bonchev–Trinajstić information content (AvgIpc) is 4.11. The minimum atomic E-state index is -0.552. The molecule has 2 heterocycles. The molecule has 0 bridgehead atoms. The van der Waals surface area contributed by atoms with Crippen molar-refractivity contribution in [1.29, 1.82) is 0 Å². The molecule has 12 aromatic carbocycles. The smallest absolute Gasteiger partial charge is 0.0714 e. The van der Waals surface area contributed by atoms with Gasteiger partial charge in [-0.25, -0.2) is 0 Å². The molecule has 0 radical (unpaired) electrons. The molecule has 0 fully saturated rings. The molecular formula is C71H47N3. The maximum absolute atomic E-state index is 2.48. The molecule has 0 spiro atoms. The SMILES string of the molecule is c1ccc(C2(c3cccc(N(c4ccc(-n5c6ccccc6c6ccccc65)cc4)c4ccc(-c5cccc(-n6c7ccccc7c7ccccc76)c5)c5ccccc45)c3)c3ccccc3-c3ccccc32)cc1. The molecule has 1 aliphatic carbocycles.